The smallest absolute Gasteiger partial charge is 0.340 e. The molecular formula is C18H17Cl2NO2. The molecule has 23 heavy (non-hydrogen) atoms. The van der Waals surface area contributed by atoms with Gasteiger partial charge in [0.15, 0.2) is 0 Å². The molecule has 3 nitrogen and oxygen atoms in total. The summed E-state index contributed by atoms with van der Waals surface area (Å²) in [6, 6.07) is 14.7. The van der Waals surface area contributed by atoms with Crippen LogP contribution in [-0.4, -0.2) is 19.1 Å². The van der Waals surface area contributed by atoms with Gasteiger partial charge in [0.2, 0.25) is 0 Å². The fourth-order valence-electron chi connectivity index (χ4n) is 2.91. The highest BCUT2D eigenvalue weighted by molar-refractivity contribution is 6.36. The third-order valence-corrected chi connectivity index (χ3v) is 4.70. The predicted octanol–water partition coefficient (Wildman–Crippen LogP) is 4.43. The Hall–Kier alpha value is -1.55. The van der Waals surface area contributed by atoms with Crippen molar-refractivity contribution >= 4 is 29.2 Å². The lowest BCUT2D eigenvalue weighted by Crippen LogP contribution is -2.43. The van der Waals surface area contributed by atoms with Crippen molar-refractivity contribution in [2.75, 3.05) is 13.1 Å². The number of rotatable bonds is 3. The van der Waals surface area contributed by atoms with Crippen LogP contribution in [0.5, 0.6) is 0 Å². The van der Waals surface area contributed by atoms with Gasteiger partial charge < -0.3 is 10.1 Å². The van der Waals surface area contributed by atoms with Gasteiger partial charge in [0.05, 0.1) is 10.6 Å². The summed E-state index contributed by atoms with van der Waals surface area (Å²) in [7, 11) is 0. The van der Waals surface area contributed by atoms with Gasteiger partial charge in [-0.15, -0.1) is 0 Å². The van der Waals surface area contributed by atoms with Crippen molar-refractivity contribution in [1.29, 1.82) is 0 Å². The lowest BCUT2D eigenvalue weighted by Gasteiger charge is -2.37. The molecule has 3 rings (SSSR count). The Morgan fingerprint density at radius 2 is 1.74 bits per heavy atom. The lowest BCUT2D eigenvalue weighted by atomic mass is 9.84. The Balaban J connectivity index is 1.91. The summed E-state index contributed by atoms with van der Waals surface area (Å²) in [5, 5.41) is 4.10. The number of ether oxygens (including phenoxy) is 1. The zero-order chi connectivity index (χ0) is 16.3. The fourth-order valence-corrected chi connectivity index (χ4v) is 3.40. The fraction of sp³-hybridized carbons (Fsp3) is 0.278. The van der Waals surface area contributed by atoms with Gasteiger partial charge in [-0.25, -0.2) is 4.79 Å². The summed E-state index contributed by atoms with van der Waals surface area (Å²) in [6.45, 7) is 1.60. The van der Waals surface area contributed by atoms with E-state index in [4.69, 9.17) is 27.9 Å². The Kier molecular flexibility index (Phi) is 4.90. The van der Waals surface area contributed by atoms with Crippen LogP contribution in [0.25, 0.3) is 0 Å². The number of carbonyl (C=O) groups excluding carboxylic acids is 1. The van der Waals surface area contributed by atoms with Gasteiger partial charge in [0.25, 0.3) is 0 Å². The van der Waals surface area contributed by atoms with Crippen LogP contribution in [0.4, 0.5) is 0 Å². The van der Waals surface area contributed by atoms with Crippen LogP contribution in [0.1, 0.15) is 28.8 Å². The molecular weight excluding hydrogens is 333 g/mol. The molecule has 1 aliphatic heterocycles. The summed E-state index contributed by atoms with van der Waals surface area (Å²) in [5.74, 6) is -0.419. The van der Waals surface area contributed by atoms with E-state index in [1.165, 1.54) is 0 Å². The number of benzene rings is 2. The molecule has 1 aliphatic rings. The molecule has 0 spiro atoms. The molecule has 0 aliphatic carbocycles. The van der Waals surface area contributed by atoms with E-state index >= 15 is 0 Å². The van der Waals surface area contributed by atoms with E-state index in [9.17, 15) is 4.79 Å². The van der Waals surface area contributed by atoms with Crippen molar-refractivity contribution in [3.05, 3.63) is 69.7 Å². The topological polar surface area (TPSA) is 38.3 Å². The molecule has 1 fully saturated rings. The molecule has 0 aromatic heterocycles. The maximum atomic E-state index is 12.7. The number of nitrogens with one attached hydrogen (secondary N) is 1. The van der Waals surface area contributed by atoms with Crippen molar-refractivity contribution in [3.63, 3.8) is 0 Å². The van der Waals surface area contributed by atoms with Gasteiger partial charge in [-0.3, -0.25) is 0 Å². The first-order chi connectivity index (χ1) is 11.1. The van der Waals surface area contributed by atoms with Gasteiger partial charge in [-0.1, -0.05) is 53.5 Å². The Labute approximate surface area is 145 Å². The molecule has 0 atom stereocenters. The van der Waals surface area contributed by atoms with Crippen LogP contribution in [0.15, 0.2) is 48.5 Å². The van der Waals surface area contributed by atoms with Crippen LogP contribution >= 0.6 is 23.2 Å². The normalized spacial score (nSPS) is 16.8. The van der Waals surface area contributed by atoms with Crippen molar-refractivity contribution in [3.8, 4) is 0 Å². The van der Waals surface area contributed by atoms with E-state index in [1.54, 1.807) is 18.2 Å². The summed E-state index contributed by atoms with van der Waals surface area (Å²) in [5.41, 5.74) is 0.733. The second-order valence-electron chi connectivity index (χ2n) is 5.62. The third kappa shape index (κ3) is 3.52. The average molecular weight is 350 g/mol. The predicted molar refractivity (Wildman–Crippen MR) is 92.1 cm³/mol. The molecule has 2 aromatic rings. The molecule has 0 unspecified atom stereocenters. The van der Waals surface area contributed by atoms with E-state index in [1.807, 2.05) is 30.3 Å². The third-order valence-electron chi connectivity index (χ3n) is 4.15. The highest BCUT2D eigenvalue weighted by atomic mass is 35.5. The first-order valence-corrected chi connectivity index (χ1v) is 8.31. The molecule has 0 saturated carbocycles. The number of halogens is 2. The molecule has 0 radical (unpaired) electrons. The minimum Gasteiger partial charge on any atom is -0.450 e. The van der Waals surface area contributed by atoms with E-state index in [0.717, 1.165) is 31.5 Å². The zero-order valence-electron chi connectivity index (χ0n) is 12.5. The van der Waals surface area contributed by atoms with Crippen molar-refractivity contribution in [1.82, 2.24) is 5.32 Å². The van der Waals surface area contributed by atoms with Crippen LogP contribution in [0, 0.1) is 0 Å². The molecule has 1 N–H and O–H groups in total. The molecule has 120 valence electrons. The van der Waals surface area contributed by atoms with Crippen LogP contribution in [0.3, 0.4) is 0 Å². The summed E-state index contributed by atoms with van der Waals surface area (Å²) < 4.78 is 5.97. The number of hydrogen-bond acceptors (Lipinski definition) is 3. The van der Waals surface area contributed by atoms with Gasteiger partial charge in [0.1, 0.15) is 5.60 Å². The maximum Gasteiger partial charge on any atom is 0.340 e. The molecule has 2 aromatic carbocycles. The number of hydrogen-bond donors (Lipinski definition) is 1. The zero-order valence-corrected chi connectivity index (χ0v) is 14.0. The van der Waals surface area contributed by atoms with E-state index in [2.05, 4.69) is 5.32 Å². The Morgan fingerprint density at radius 3 is 2.39 bits per heavy atom. The molecule has 1 saturated heterocycles. The van der Waals surface area contributed by atoms with Crippen LogP contribution < -0.4 is 5.32 Å². The number of esters is 1. The summed E-state index contributed by atoms with van der Waals surface area (Å²) in [6.07, 6.45) is 1.46. The SMILES string of the molecule is O=C(OC1(c2ccccc2)CCNCC1)c1ccc(Cl)cc1Cl. The Bertz CT molecular complexity index is 697. The molecule has 0 bridgehead atoms. The largest absolute Gasteiger partial charge is 0.450 e. The molecule has 1 heterocycles. The quantitative estimate of drug-likeness (QED) is 0.833. The van der Waals surface area contributed by atoms with Crippen molar-refractivity contribution < 1.29 is 9.53 Å². The van der Waals surface area contributed by atoms with Crippen LogP contribution in [0.2, 0.25) is 10.0 Å². The van der Waals surface area contributed by atoms with Crippen molar-refractivity contribution in [2.45, 2.75) is 18.4 Å². The minimum atomic E-state index is -0.618. The monoisotopic (exact) mass is 349 g/mol. The second kappa shape index (κ2) is 6.91. The first kappa shape index (κ1) is 16.3. The second-order valence-corrected chi connectivity index (χ2v) is 6.47. The average Bonchev–Trinajstić information content (AvgIpc) is 2.56. The van der Waals surface area contributed by atoms with Gasteiger partial charge in [-0.2, -0.15) is 0 Å². The van der Waals surface area contributed by atoms with Crippen molar-refractivity contribution in [2.24, 2.45) is 0 Å². The van der Waals surface area contributed by atoms with E-state index < -0.39 is 11.6 Å². The lowest BCUT2D eigenvalue weighted by molar-refractivity contribution is -0.0378. The van der Waals surface area contributed by atoms with E-state index in [0.29, 0.717) is 15.6 Å². The van der Waals surface area contributed by atoms with Gasteiger partial charge >= 0.3 is 5.97 Å². The first-order valence-electron chi connectivity index (χ1n) is 7.55. The van der Waals surface area contributed by atoms with Gasteiger partial charge in [-0.05, 0) is 36.9 Å². The highest BCUT2D eigenvalue weighted by Crippen LogP contribution is 2.36. The number of piperidine rings is 1. The number of carbonyl (C=O) groups is 1. The molecule has 0 amide bonds. The minimum absolute atomic E-state index is 0.305. The summed E-state index contributed by atoms with van der Waals surface area (Å²) >= 11 is 12.0. The van der Waals surface area contributed by atoms with Crippen LogP contribution in [-0.2, 0) is 10.3 Å². The van der Waals surface area contributed by atoms with E-state index in [-0.39, 0.29) is 0 Å². The standard InChI is InChI=1S/C18H17Cl2NO2/c19-14-6-7-15(16(20)12-14)17(22)23-18(8-10-21-11-9-18)13-4-2-1-3-5-13/h1-7,12,21H,8-11H2. The van der Waals surface area contributed by atoms with Gasteiger partial charge in [0, 0.05) is 17.9 Å². The summed E-state index contributed by atoms with van der Waals surface area (Å²) in [4.78, 5) is 12.7. The highest BCUT2D eigenvalue weighted by Gasteiger charge is 2.38. The maximum absolute atomic E-state index is 12.7. The molecule has 5 heteroatoms. The Morgan fingerprint density at radius 1 is 1.04 bits per heavy atom.